The average Bonchev–Trinajstić information content (AvgIpc) is 1.87. The molecule has 0 rings (SSSR count). The summed E-state index contributed by atoms with van der Waals surface area (Å²) < 4.78 is 21.1. The number of nitrogens with one attached hydrogen (secondary N) is 1. The molecule has 0 saturated carbocycles. The first kappa shape index (κ1) is 10.3. The summed E-state index contributed by atoms with van der Waals surface area (Å²) in [6.07, 6.45) is 0. The Morgan fingerprint density at radius 2 is 2.18 bits per heavy atom. The lowest BCUT2D eigenvalue weighted by Gasteiger charge is -2.01. The van der Waals surface area contributed by atoms with Gasteiger partial charge in [-0.1, -0.05) is 4.89 Å². The molecule has 0 aliphatic heterocycles. The highest BCUT2D eigenvalue weighted by Crippen LogP contribution is 1.81. The molecule has 0 radical (unpaired) electrons. The largest absolute Gasteiger partial charge is 0.479 e. The number of carbonyl (C=O) groups is 1. The van der Waals surface area contributed by atoms with Crippen LogP contribution in [0, 0.1) is 0 Å². The molecule has 0 aliphatic rings. The molecule has 7 heteroatoms. The second kappa shape index (κ2) is 4.27. The number of sulfonamides is 1. The van der Waals surface area contributed by atoms with Crippen LogP contribution < -0.4 is 4.89 Å². The van der Waals surface area contributed by atoms with E-state index in [0.29, 0.717) is 0 Å². The van der Waals surface area contributed by atoms with Crippen molar-refractivity contribution in [1.82, 2.24) is 4.89 Å². The summed E-state index contributed by atoms with van der Waals surface area (Å²) in [6, 6.07) is 0. The van der Waals surface area contributed by atoms with Crippen LogP contribution >= 0.6 is 0 Å². The maximum atomic E-state index is 10.6. The molecule has 11 heavy (non-hydrogen) atoms. The number of hydrogen-bond acceptors (Lipinski definition) is 4. The predicted molar refractivity (Wildman–Crippen MR) is 36.2 cm³/mol. The van der Waals surface area contributed by atoms with E-state index in [1.807, 2.05) is 0 Å². The van der Waals surface area contributed by atoms with Crippen molar-refractivity contribution in [3.63, 3.8) is 0 Å². The van der Waals surface area contributed by atoms with Crippen LogP contribution in [0.5, 0.6) is 0 Å². The topological polar surface area (TPSA) is 92.7 Å². The first-order valence-electron chi connectivity index (χ1n) is 2.81. The lowest BCUT2D eigenvalue weighted by atomic mass is 10.8. The fourth-order valence-corrected chi connectivity index (χ4v) is 0.596. The van der Waals surface area contributed by atoms with Crippen molar-refractivity contribution < 1.29 is 23.2 Å². The highest BCUT2D eigenvalue weighted by atomic mass is 32.2. The van der Waals surface area contributed by atoms with Gasteiger partial charge in [-0.2, -0.15) is 0 Å². The standard InChI is InChI=1S/C4H9NO5S/c1-2-11(8,9)5-10-3-4(6)7/h5H,2-3H2,1H3,(H,6,7). The van der Waals surface area contributed by atoms with Gasteiger partial charge in [-0.05, 0) is 6.92 Å². The molecule has 0 unspecified atom stereocenters. The van der Waals surface area contributed by atoms with Crippen molar-refractivity contribution in [2.24, 2.45) is 0 Å². The van der Waals surface area contributed by atoms with E-state index >= 15 is 0 Å². The average molecular weight is 183 g/mol. The minimum Gasteiger partial charge on any atom is -0.479 e. The van der Waals surface area contributed by atoms with Gasteiger partial charge in [0.15, 0.2) is 6.61 Å². The zero-order chi connectivity index (χ0) is 8.91. The van der Waals surface area contributed by atoms with E-state index < -0.39 is 22.6 Å². The second-order valence-electron chi connectivity index (χ2n) is 1.67. The Bertz CT molecular complexity index is 221. The van der Waals surface area contributed by atoms with Crippen molar-refractivity contribution in [2.75, 3.05) is 12.4 Å². The Morgan fingerprint density at radius 3 is 2.55 bits per heavy atom. The lowest BCUT2D eigenvalue weighted by Crippen LogP contribution is -2.27. The zero-order valence-electron chi connectivity index (χ0n) is 5.90. The van der Waals surface area contributed by atoms with Crippen molar-refractivity contribution in [1.29, 1.82) is 0 Å². The third-order valence-electron chi connectivity index (χ3n) is 0.762. The van der Waals surface area contributed by atoms with E-state index in [4.69, 9.17) is 5.11 Å². The van der Waals surface area contributed by atoms with E-state index in [2.05, 4.69) is 4.84 Å². The first-order valence-corrected chi connectivity index (χ1v) is 4.46. The molecule has 0 aromatic rings. The summed E-state index contributed by atoms with van der Waals surface area (Å²) in [5.41, 5.74) is 0. The van der Waals surface area contributed by atoms with Crippen LogP contribution in [0.2, 0.25) is 0 Å². The molecule has 0 atom stereocenters. The van der Waals surface area contributed by atoms with Gasteiger partial charge in [-0.3, -0.25) is 4.84 Å². The molecule has 0 heterocycles. The Hall–Kier alpha value is -0.660. The molecule has 0 spiro atoms. The number of carboxylic acid groups (broad SMARTS) is 1. The Morgan fingerprint density at radius 1 is 1.64 bits per heavy atom. The second-order valence-corrected chi connectivity index (χ2v) is 3.64. The quantitative estimate of drug-likeness (QED) is 0.530. The van der Waals surface area contributed by atoms with Gasteiger partial charge in [-0.25, -0.2) is 13.2 Å². The number of aliphatic carboxylic acids is 1. The van der Waals surface area contributed by atoms with Crippen LogP contribution in [0.3, 0.4) is 0 Å². The third-order valence-corrected chi connectivity index (χ3v) is 1.89. The van der Waals surface area contributed by atoms with E-state index in [0.717, 1.165) is 0 Å². The molecular formula is C4H9NO5S. The molecule has 0 aromatic carbocycles. The number of carboxylic acids is 1. The molecule has 0 fully saturated rings. The number of rotatable bonds is 5. The van der Waals surface area contributed by atoms with E-state index in [1.54, 1.807) is 4.89 Å². The maximum absolute atomic E-state index is 10.6. The highest BCUT2D eigenvalue weighted by Gasteiger charge is 2.06. The summed E-state index contributed by atoms with van der Waals surface area (Å²) in [6.45, 7) is 0.728. The molecule has 6 nitrogen and oxygen atoms in total. The van der Waals surface area contributed by atoms with Crippen molar-refractivity contribution in [3.05, 3.63) is 0 Å². The zero-order valence-corrected chi connectivity index (χ0v) is 6.72. The molecule has 0 aromatic heterocycles. The van der Waals surface area contributed by atoms with Crippen molar-refractivity contribution >= 4 is 16.0 Å². The van der Waals surface area contributed by atoms with E-state index in [9.17, 15) is 13.2 Å². The normalized spacial score (nSPS) is 11.4. The monoisotopic (exact) mass is 183 g/mol. The molecule has 0 aliphatic carbocycles. The Balaban J connectivity index is 3.63. The van der Waals surface area contributed by atoms with Gasteiger partial charge in [0.2, 0.25) is 10.0 Å². The van der Waals surface area contributed by atoms with E-state index in [1.165, 1.54) is 6.92 Å². The van der Waals surface area contributed by atoms with Crippen LogP contribution in [-0.4, -0.2) is 31.9 Å². The predicted octanol–water partition coefficient (Wildman–Crippen LogP) is -1.06. The fourth-order valence-electron chi connectivity index (χ4n) is 0.240. The van der Waals surface area contributed by atoms with Crippen LogP contribution in [0.1, 0.15) is 6.92 Å². The van der Waals surface area contributed by atoms with Gasteiger partial charge in [0, 0.05) is 0 Å². The minimum atomic E-state index is -3.45. The van der Waals surface area contributed by atoms with Crippen LogP contribution in [0.25, 0.3) is 0 Å². The lowest BCUT2D eigenvalue weighted by molar-refractivity contribution is -0.143. The highest BCUT2D eigenvalue weighted by molar-refractivity contribution is 7.89. The Labute approximate surface area is 64.2 Å². The first-order chi connectivity index (χ1) is 4.98. The van der Waals surface area contributed by atoms with Gasteiger partial charge >= 0.3 is 5.97 Å². The smallest absolute Gasteiger partial charge is 0.331 e. The van der Waals surface area contributed by atoms with Crippen molar-refractivity contribution in [3.8, 4) is 0 Å². The molecule has 66 valence electrons. The minimum absolute atomic E-state index is 0.146. The van der Waals surface area contributed by atoms with Crippen LogP contribution in [0.4, 0.5) is 0 Å². The molecule has 0 bridgehead atoms. The van der Waals surface area contributed by atoms with Gasteiger partial charge in [0.1, 0.15) is 0 Å². The molecule has 2 N–H and O–H groups in total. The summed E-state index contributed by atoms with van der Waals surface area (Å²) in [5.74, 6) is -1.38. The summed E-state index contributed by atoms with van der Waals surface area (Å²) in [4.78, 5) is 15.6. The van der Waals surface area contributed by atoms with Crippen molar-refractivity contribution in [2.45, 2.75) is 6.92 Å². The third kappa shape index (κ3) is 5.77. The molecular weight excluding hydrogens is 174 g/mol. The summed E-state index contributed by atoms with van der Waals surface area (Å²) in [5, 5.41) is 8.02. The van der Waals surface area contributed by atoms with Gasteiger partial charge in [0.05, 0.1) is 5.75 Å². The summed E-state index contributed by atoms with van der Waals surface area (Å²) >= 11 is 0. The van der Waals surface area contributed by atoms with Gasteiger partial charge < -0.3 is 5.11 Å². The van der Waals surface area contributed by atoms with Crippen LogP contribution in [0.15, 0.2) is 0 Å². The van der Waals surface area contributed by atoms with Gasteiger partial charge in [-0.15, -0.1) is 0 Å². The SMILES string of the molecule is CCS(=O)(=O)NOCC(=O)O. The van der Waals surface area contributed by atoms with E-state index in [-0.39, 0.29) is 5.75 Å². The molecule has 0 amide bonds. The summed E-state index contributed by atoms with van der Waals surface area (Å²) in [7, 11) is -3.45. The Kier molecular flexibility index (Phi) is 4.01. The number of hydrogen-bond donors (Lipinski definition) is 2. The van der Waals surface area contributed by atoms with Crippen LogP contribution in [-0.2, 0) is 19.7 Å². The molecule has 0 saturated heterocycles. The maximum Gasteiger partial charge on any atom is 0.331 e. The fraction of sp³-hybridized carbons (Fsp3) is 0.750. The van der Waals surface area contributed by atoms with Gasteiger partial charge in [0.25, 0.3) is 0 Å².